The minimum atomic E-state index is -0.956. The molecule has 0 aliphatic carbocycles. The monoisotopic (exact) mass is 362 g/mol. The SMILES string of the molecule is CCc1cc(-c2cccs2)nn1CC=C(F)B1OC(C)(C)C(C)(C)O1. The van der Waals surface area contributed by atoms with Crippen LogP contribution in [0, 0.1) is 0 Å². The second-order valence-electron chi connectivity index (χ2n) is 7.21. The lowest BCUT2D eigenvalue weighted by Gasteiger charge is -2.32. The van der Waals surface area contributed by atoms with E-state index in [1.54, 1.807) is 11.3 Å². The first-order valence-electron chi connectivity index (χ1n) is 8.55. The predicted octanol–water partition coefficient (Wildman–Crippen LogP) is 4.66. The molecule has 0 radical (unpaired) electrons. The van der Waals surface area contributed by atoms with Gasteiger partial charge in [0.15, 0.2) is 0 Å². The lowest BCUT2D eigenvalue weighted by Crippen LogP contribution is -2.41. The van der Waals surface area contributed by atoms with Crippen LogP contribution in [-0.4, -0.2) is 28.1 Å². The van der Waals surface area contributed by atoms with Gasteiger partial charge in [-0.05, 0) is 57.7 Å². The number of hydrogen-bond acceptors (Lipinski definition) is 4. The molecule has 0 saturated carbocycles. The van der Waals surface area contributed by atoms with Crippen LogP contribution in [0.15, 0.2) is 35.4 Å². The van der Waals surface area contributed by atoms with Crippen molar-refractivity contribution in [2.75, 3.05) is 0 Å². The van der Waals surface area contributed by atoms with Gasteiger partial charge >= 0.3 is 7.12 Å². The number of nitrogens with zero attached hydrogens (tertiary/aromatic N) is 2. The summed E-state index contributed by atoms with van der Waals surface area (Å²) in [4.78, 5) is 1.11. The van der Waals surface area contributed by atoms with Gasteiger partial charge in [-0.25, -0.2) is 4.39 Å². The molecule has 25 heavy (non-hydrogen) atoms. The topological polar surface area (TPSA) is 36.3 Å². The van der Waals surface area contributed by atoms with Crippen molar-refractivity contribution in [2.24, 2.45) is 0 Å². The highest BCUT2D eigenvalue weighted by Gasteiger charge is 2.52. The molecular weight excluding hydrogens is 338 g/mol. The standard InChI is InChI=1S/C18H24BFN2O2S/c1-6-13-12-14(15-8-7-11-25-15)21-22(13)10-9-16(20)19-23-17(2,3)18(4,5)24-19/h7-9,11-12H,6,10H2,1-5H3. The summed E-state index contributed by atoms with van der Waals surface area (Å²) >= 11 is 1.65. The Morgan fingerprint density at radius 3 is 2.56 bits per heavy atom. The zero-order valence-corrected chi connectivity index (χ0v) is 16.2. The summed E-state index contributed by atoms with van der Waals surface area (Å²) < 4.78 is 27.9. The van der Waals surface area contributed by atoms with Gasteiger partial charge < -0.3 is 9.31 Å². The third kappa shape index (κ3) is 3.59. The number of hydrogen-bond donors (Lipinski definition) is 0. The van der Waals surface area contributed by atoms with Gasteiger partial charge in [-0.1, -0.05) is 13.0 Å². The average Bonchev–Trinajstić information content (AvgIpc) is 3.23. The highest BCUT2D eigenvalue weighted by atomic mass is 32.1. The molecule has 0 bridgehead atoms. The molecule has 0 unspecified atom stereocenters. The van der Waals surface area contributed by atoms with E-state index in [1.807, 2.05) is 49.9 Å². The first-order valence-corrected chi connectivity index (χ1v) is 9.43. The van der Waals surface area contributed by atoms with Crippen LogP contribution in [0.3, 0.4) is 0 Å². The predicted molar refractivity (Wildman–Crippen MR) is 100 cm³/mol. The molecule has 7 heteroatoms. The van der Waals surface area contributed by atoms with Gasteiger partial charge in [0.1, 0.15) is 11.4 Å². The van der Waals surface area contributed by atoms with Crippen LogP contribution in [0.25, 0.3) is 10.6 Å². The molecule has 2 aromatic heterocycles. The molecule has 0 atom stereocenters. The van der Waals surface area contributed by atoms with E-state index in [-0.39, 0.29) is 0 Å². The van der Waals surface area contributed by atoms with Crippen molar-refractivity contribution in [3.05, 3.63) is 41.1 Å². The third-order valence-corrected chi connectivity index (χ3v) is 5.83. The Morgan fingerprint density at radius 2 is 2.00 bits per heavy atom. The summed E-state index contributed by atoms with van der Waals surface area (Å²) in [7, 11) is -0.956. The van der Waals surface area contributed by atoms with E-state index in [4.69, 9.17) is 9.31 Å². The van der Waals surface area contributed by atoms with Gasteiger partial charge in [0.25, 0.3) is 0 Å². The van der Waals surface area contributed by atoms with Crippen LogP contribution in [-0.2, 0) is 22.3 Å². The molecule has 3 heterocycles. The highest BCUT2D eigenvalue weighted by molar-refractivity contribution is 7.13. The Labute approximate surface area is 152 Å². The molecule has 2 aromatic rings. The van der Waals surface area contributed by atoms with Crippen LogP contribution in [0.4, 0.5) is 4.39 Å². The first kappa shape index (κ1) is 18.4. The molecule has 3 rings (SSSR count). The van der Waals surface area contributed by atoms with Crippen molar-refractivity contribution in [2.45, 2.75) is 58.8 Å². The second kappa shape index (κ2) is 6.70. The van der Waals surface area contributed by atoms with Gasteiger partial charge in [0.05, 0.1) is 22.6 Å². The smallest absolute Gasteiger partial charge is 0.398 e. The minimum absolute atomic E-state index is 0.352. The molecule has 0 aromatic carbocycles. The fraction of sp³-hybridized carbons (Fsp3) is 0.500. The van der Waals surface area contributed by atoms with Crippen LogP contribution in [0.5, 0.6) is 0 Å². The van der Waals surface area contributed by atoms with E-state index < -0.39 is 24.0 Å². The largest absolute Gasteiger partial charge is 0.524 e. The Hall–Kier alpha value is -1.44. The Bertz CT molecular complexity index is 752. The summed E-state index contributed by atoms with van der Waals surface area (Å²) in [6.07, 6.45) is 2.33. The maximum absolute atomic E-state index is 14.6. The van der Waals surface area contributed by atoms with Crippen molar-refractivity contribution < 1.29 is 13.7 Å². The number of halogens is 1. The van der Waals surface area contributed by atoms with Crippen LogP contribution >= 0.6 is 11.3 Å². The summed E-state index contributed by atoms with van der Waals surface area (Å²) in [6.45, 7) is 10.1. The molecule has 4 nitrogen and oxygen atoms in total. The summed E-state index contributed by atoms with van der Waals surface area (Å²) in [6, 6.07) is 6.10. The van der Waals surface area contributed by atoms with Crippen molar-refractivity contribution >= 4 is 18.5 Å². The van der Waals surface area contributed by atoms with E-state index in [1.165, 1.54) is 6.08 Å². The molecule has 1 aliphatic heterocycles. The fourth-order valence-electron chi connectivity index (χ4n) is 2.67. The molecular formula is C18H24BFN2O2S. The van der Waals surface area contributed by atoms with E-state index in [2.05, 4.69) is 18.1 Å². The van der Waals surface area contributed by atoms with Gasteiger partial charge in [-0.15, -0.1) is 11.3 Å². The Morgan fingerprint density at radius 1 is 1.32 bits per heavy atom. The summed E-state index contributed by atoms with van der Waals surface area (Å²) in [5.41, 5.74) is 0.497. The number of allylic oxidation sites excluding steroid dienone is 1. The van der Waals surface area contributed by atoms with Crippen LogP contribution in [0.2, 0.25) is 0 Å². The Kier molecular flexibility index (Phi) is 4.92. The van der Waals surface area contributed by atoms with Crippen LogP contribution in [0.1, 0.15) is 40.3 Å². The minimum Gasteiger partial charge on any atom is -0.398 e. The molecule has 1 saturated heterocycles. The molecule has 0 N–H and O–H groups in total. The molecule has 1 fully saturated rings. The number of aryl methyl sites for hydroxylation is 1. The molecule has 0 spiro atoms. The molecule has 1 aliphatic rings. The zero-order valence-electron chi connectivity index (χ0n) is 15.4. The first-order chi connectivity index (χ1) is 11.7. The maximum atomic E-state index is 14.6. The molecule has 134 valence electrons. The summed E-state index contributed by atoms with van der Waals surface area (Å²) in [5.74, 6) is 0. The maximum Gasteiger partial charge on any atom is 0.524 e. The Balaban J connectivity index is 1.76. The lowest BCUT2D eigenvalue weighted by molar-refractivity contribution is 0.00578. The van der Waals surface area contributed by atoms with E-state index in [9.17, 15) is 4.39 Å². The second-order valence-corrected chi connectivity index (χ2v) is 8.16. The van der Waals surface area contributed by atoms with Crippen LogP contribution < -0.4 is 0 Å². The van der Waals surface area contributed by atoms with Crippen molar-refractivity contribution in [1.82, 2.24) is 9.78 Å². The van der Waals surface area contributed by atoms with Gasteiger partial charge in [-0.2, -0.15) is 5.10 Å². The normalized spacial score (nSPS) is 19.6. The third-order valence-electron chi connectivity index (χ3n) is 4.94. The van der Waals surface area contributed by atoms with Crippen molar-refractivity contribution in [3.8, 4) is 10.6 Å². The fourth-order valence-corrected chi connectivity index (χ4v) is 3.35. The number of thiophene rings is 1. The lowest BCUT2D eigenvalue weighted by atomic mass is 9.88. The van der Waals surface area contributed by atoms with E-state index >= 15 is 0 Å². The van der Waals surface area contributed by atoms with E-state index in [0.717, 1.165) is 22.7 Å². The van der Waals surface area contributed by atoms with E-state index in [0.29, 0.717) is 6.54 Å². The van der Waals surface area contributed by atoms with Crippen molar-refractivity contribution in [3.63, 3.8) is 0 Å². The molecule has 0 amide bonds. The average molecular weight is 362 g/mol. The number of rotatable bonds is 5. The number of aromatic nitrogens is 2. The van der Waals surface area contributed by atoms with Crippen molar-refractivity contribution in [1.29, 1.82) is 0 Å². The van der Waals surface area contributed by atoms with Gasteiger partial charge in [0.2, 0.25) is 0 Å². The summed E-state index contributed by atoms with van der Waals surface area (Å²) in [5, 5.41) is 6.64. The highest BCUT2D eigenvalue weighted by Crippen LogP contribution is 2.38. The van der Waals surface area contributed by atoms with Gasteiger partial charge in [-0.3, -0.25) is 4.68 Å². The van der Waals surface area contributed by atoms with Gasteiger partial charge in [0, 0.05) is 5.69 Å². The zero-order chi connectivity index (χ0) is 18.2. The quantitative estimate of drug-likeness (QED) is 0.726.